The minimum Gasteiger partial charge on any atom is -0.480 e. The van der Waals surface area contributed by atoms with Crippen LogP contribution in [-0.4, -0.2) is 64.9 Å². The number of carbonyl (C=O) groups is 5. The molecule has 0 saturated carbocycles. The van der Waals surface area contributed by atoms with E-state index >= 15 is 0 Å². The standard InChI is InChI=1S/C32H53N5O6/c1-18(2)14-24(34-28(38)23(33)17-22-12-10-9-11-13-22)29(39)35-25(15-19(3)4)30(40)37-27(21(7)8)31(41)36-26(32(42)43)16-20(5)6/h9-13,18-21,23-27H,14-17,33H2,1-8H3,(H,34,38)(H,35,39)(H,36,41)(H,37,40)(H,42,43)/t23-,24-,25-,26-,27-/m0/s1. The maximum Gasteiger partial charge on any atom is 0.326 e. The van der Waals surface area contributed by atoms with Crippen molar-refractivity contribution in [1.82, 2.24) is 21.3 Å². The summed E-state index contributed by atoms with van der Waals surface area (Å²) in [4.78, 5) is 64.7. The lowest BCUT2D eigenvalue weighted by Gasteiger charge is -2.29. The fourth-order valence-electron chi connectivity index (χ4n) is 4.66. The molecule has 11 heteroatoms. The number of carbonyl (C=O) groups excluding carboxylic acids is 4. The number of rotatable bonds is 18. The molecule has 0 spiro atoms. The molecule has 1 aromatic carbocycles. The SMILES string of the molecule is CC(C)C[C@H](NC(=O)[C@@H](NC(=O)[C@H](CC(C)C)NC(=O)[C@H](CC(C)C)NC(=O)[C@@H](N)Cc1ccccc1)C(C)C)C(=O)O. The highest BCUT2D eigenvalue weighted by Gasteiger charge is 2.33. The summed E-state index contributed by atoms with van der Waals surface area (Å²) in [5.74, 6) is -3.57. The van der Waals surface area contributed by atoms with Gasteiger partial charge in [0.1, 0.15) is 24.2 Å². The third-order valence-corrected chi connectivity index (χ3v) is 6.88. The van der Waals surface area contributed by atoms with Crippen molar-refractivity contribution >= 4 is 29.6 Å². The Balaban J connectivity index is 3.06. The number of hydrogen-bond donors (Lipinski definition) is 6. The summed E-state index contributed by atoms with van der Waals surface area (Å²) in [5, 5.41) is 20.4. The molecule has 0 saturated heterocycles. The Morgan fingerprint density at radius 2 is 1.05 bits per heavy atom. The van der Waals surface area contributed by atoms with Gasteiger partial charge in [-0.1, -0.05) is 85.7 Å². The number of nitrogens with two attached hydrogens (primary N) is 1. The van der Waals surface area contributed by atoms with Gasteiger partial charge in [0.05, 0.1) is 6.04 Å². The molecule has 242 valence electrons. The van der Waals surface area contributed by atoms with Crippen molar-refractivity contribution in [2.24, 2.45) is 29.4 Å². The average Bonchev–Trinajstić information content (AvgIpc) is 2.89. The van der Waals surface area contributed by atoms with E-state index in [9.17, 15) is 29.1 Å². The van der Waals surface area contributed by atoms with E-state index in [0.29, 0.717) is 12.8 Å². The van der Waals surface area contributed by atoms with Crippen LogP contribution in [0.5, 0.6) is 0 Å². The van der Waals surface area contributed by atoms with Gasteiger partial charge in [0.25, 0.3) is 0 Å². The zero-order chi connectivity index (χ0) is 32.9. The first kappa shape index (κ1) is 37.6. The van der Waals surface area contributed by atoms with Gasteiger partial charge in [0.15, 0.2) is 0 Å². The lowest BCUT2D eigenvalue weighted by atomic mass is 9.97. The highest BCUT2D eigenvalue weighted by Crippen LogP contribution is 2.12. The summed E-state index contributed by atoms with van der Waals surface area (Å²) in [5.41, 5.74) is 7.05. The van der Waals surface area contributed by atoms with Crippen LogP contribution in [0.15, 0.2) is 30.3 Å². The van der Waals surface area contributed by atoms with E-state index in [1.165, 1.54) is 0 Å². The molecule has 43 heavy (non-hydrogen) atoms. The second-order valence-corrected chi connectivity index (χ2v) is 12.9. The van der Waals surface area contributed by atoms with E-state index in [1.54, 1.807) is 13.8 Å². The van der Waals surface area contributed by atoms with Gasteiger partial charge >= 0.3 is 5.97 Å². The predicted octanol–water partition coefficient (Wildman–Crippen LogP) is 2.37. The maximum absolute atomic E-state index is 13.5. The largest absolute Gasteiger partial charge is 0.480 e. The van der Waals surface area contributed by atoms with Crippen LogP contribution in [0.4, 0.5) is 0 Å². The number of amides is 4. The lowest BCUT2D eigenvalue weighted by molar-refractivity contribution is -0.143. The summed E-state index contributed by atoms with van der Waals surface area (Å²) in [6, 6.07) is 4.45. The molecule has 0 heterocycles. The molecule has 0 aliphatic carbocycles. The van der Waals surface area contributed by atoms with E-state index < -0.39 is 59.8 Å². The number of carboxylic acids is 1. The highest BCUT2D eigenvalue weighted by atomic mass is 16.4. The molecule has 0 radical (unpaired) electrons. The quantitative estimate of drug-likeness (QED) is 0.149. The smallest absolute Gasteiger partial charge is 0.326 e. The molecule has 5 atom stereocenters. The van der Waals surface area contributed by atoms with Crippen molar-refractivity contribution in [2.75, 3.05) is 0 Å². The average molecular weight is 604 g/mol. The third-order valence-electron chi connectivity index (χ3n) is 6.88. The van der Waals surface area contributed by atoms with Crippen molar-refractivity contribution in [3.8, 4) is 0 Å². The van der Waals surface area contributed by atoms with Crippen molar-refractivity contribution in [3.63, 3.8) is 0 Å². The fraction of sp³-hybridized carbons (Fsp3) is 0.656. The van der Waals surface area contributed by atoms with E-state index in [0.717, 1.165) is 5.56 Å². The van der Waals surface area contributed by atoms with Gasteiger partial charge < -0.3 is 32.1 Å². The normalized spacial score (nSPS) is 15.0. The van der Waals surface area contributed by atoms with Gasteiger partial charge in [-0.15, -0.1) is 0 Å². The summed E-state index contributed by atoms with van der Waals surface area (Å²) in [6.45, 7) is 14.8. The van der Waals surface area contributed by atoms with Crippen LogP contribution in [-0.2, 0) is 30.4 Å². The van der Waals surface area contributed by atoms with Crippen molar-refractivity contribution < 1.29 is 29.1 Å². The number of aliphatic carboxylic acids is 1. The molecule has 0 aliphatic rings. The van der Waals surface area contributed by atoms with Crippen molar-refractivity contribution in [1.29, 1.82) is 0 Å². The Labute approximate surface area is 256 Å². The second kappa shape index (κ2) is 18.3. The topological polar surface area (TPSA) is 180 Å². The molecule has 0 aliphatic heterocycles. The molecule has 1 rings (SSSR count). The molecule has 0 aromatic heterocycles. The minimum absolute atomic E-state index is 0.0160. The number of carboxylic acid groups (broad SMARTS) is 1. The first-order valence-corrected chi connectivity index (χ1v) is 15.2. The Hall–Kier alpha value is -3.47. The molecule has 0 unspecified atom stereocenters. The van der Waals surface area contributed by atoms with E-state index in [2.05, 4.69) is 21.3 Å². The van der Waals surface area contributed by atoms with Gasteiger partial charge in [-0.25, -0.2) is 4.79 Å². The fourth-order valence-corrected chi connectivity index (χ4v) is 4.66. The first-order valence-electron chi connectivity index (χ1n) is 15.2. The Morgan fingerprint density at radius 3 is 1.49 bits per heavy atom. The summed E-state index contributed by atoms with van der Waals surface area (Å²) in [7, 11) is 0. The summed E-state index contributed by atoms with van der Waals surface area (Å²) >= 11 is 0. The Bertz CT molecular complexity index is 1060. The van der Waals surface area contributed by atoms with Crippen LogP contribution in [0.2, 0.25) is 0 Å². The van der Waals surface area contributed by atoms with Crippen molar-refractivity contribution in [3.05, 3.63) is 35.9 Å². The van der Waals surface area contributed by atoms with Gasteiger partial charge in [-0.2, -0.15) is 0 Å². The molecule has 1 aromatic rings. The van der Waals surface area contributed by atoms with Crippen molar-refractivity contribution in [2.45, 2.75) is 111 Å². The first-order chi connectivity index (χ1) is 20.0. The van der Waals surface area contributed by atoms with Gasteiger partial charge in [0.2, 0.25) is 23.6 Å². The second-order valence-electron chi connectivity index (χ2n) is 12.9. The highest BCUT2D eigenvalue weighted by molar-refractivity contribution is 5.95. The molecule has 4 amide bonds. The molecule has 0 bridgehead atoms. The molecule has 11 nitrogen and oxygen atoms in total. The van der Waals surface area contributed by atoms with Crippen LogP contribution in [0.1, 0.15) is 80.2 Å². The van der Waals surface area contributed by atoms with Crippen LogP contribution in [0.25, 0.3) is 0 Å². The zero-order valence-electron chi connectivity index (χ0n) is 27.0. The van der Waals surface area contributed by atoms with Crippen LogP contribution in [0, 0.1) is 23.7 Å². The molecule has 7 N–H and O–H groups in total. The Morgan fingerprint density at radius 1 is 0.628 bits per heavy atom. The number of nitrogens with one attached hydrogen (secondary N) is 4. The molecule has 0 fully saturated rings. The number of benzene rings is 1. The lowest BCUT2D eigenvalue weighted by Crippen LogP contribution is -2.59. The minimum atomic E-state index is -1.15. The summed E-state index contributed by atoms with van der Waals surface area (Å²) < 4.78 is 0. The van der Waals surface area contributed by atoms with Crippen LogP contribution >= 0.6 is 0 Å². The molecular formula is C32H53N5O6. The van der Waals surface area contributed by atoms with Gasteiger partial charge in [0, 0.05) is 0 Å². The predicted molar refractivity (Wildman–Crippen MR) is 167 cm³/mol. The summed E-state index contributed by atoms with van der Waals surface area (Å²) in [6.07, 6.45) is 1.16. The zero-order valence-corrected chi connectivity index (χ0v) is 27.0. The van der Waals surface area contributed by atoms with Gasteiger partial charge in [-0.3, -0.25) is 19.2 Å². The number of hydrogen-bond acceptors (Lipinski definition) is 6. The Kier molecular flexibility index (Phi) is 15.9. The van der Waals surface area contributed by atoms with E-state index in [4.69, 9.17) is 5.73 Å². The van der Waals surface area contributed by atoms with E-state index in [1.807, 2.05) is 71.9 Å². The monoisotopic (exact) mass is 603 g/mol. The maximum atomic E-state index is 13.5. The van der Waals surface area contributed by atoms with E-state index in [-0.39, 0.29) is 36.5 Å². The van der Waals surface area contributed by atoms with Crippen LogP contribution in [0.3, 0.4) is 0 Å². The third kappa shape index (κ3) is 14.0. The molecular weight excluding hydrogens is 550 g/mol. The van der Waals surface area contributed by atoms with Gasteiger partial charge in [-0.05, 0) is 54.9 Å². The van der Waals surface area contributed by atoms with Crippen LogP contribution < -0.4 is 27.0 Å².